The van der Waals surface area contributed by atoms with Crippen molar-refractivity contribution >= 4 is 0 Å². The summed E-state index contributed by atoms with van der Waals surface area (Å²) < 4.78 is 15.9. The van der Waals surface area contributed by atoms with Crippen molar-refractivity contribution in [1.82, 2.24) is 4.90 Å². The van der Waals surface area contributed by atoms with E-state index in [0.29, 0.717) is 19.8 Å². The van der Waals surface area contributed by atoms with Crippen LogP contribution in [-0.2, 0) is 14.2 Å². The van der Waals surface area contributed by atoms with E-state index in [1.54, 1.807) is 0 Å². The van der Waals surface area contributed by atoms with E-state index >= 15 is 0 Å². The minimum Gasteiger partial charge on any atom is -0.313 e. The zero-order chi connectivity index (χ0) is 7.03. The lowest BCUT2D eigenvalue weighted by molar-refractivity contribution is -0.365. The number of hydrogen-bond donors (Lipinski definition) is 0. The van der Waals surface area contributed by atoms with Crippen molar-refractivity contribution in [3.63, 3.8) is 0 Å². The third-order valence-corrected chi connectivity index (χ3v) is 1.83. The molecule has 2 rings (SSSR count). The summed E-state index contributed by atoms with van der Waals surface area (Å²) in [5.41, 5.74) is 0. The van der Waals surface area contributed by atoms with Gasteiger partial charge in [0.2, 0.25) is 0 Å². The summed E-state index contributed by atoms with van der Waals surface area (Å²) >= 11 is 0. The summed E-state index contributed by atoms with van der Waals surface area (Å²) in [6.45, 7) is 2.82. The molecular weight excluding hydrogens is 134 g/mol. The van der Waals surface area contributed by atoms with Gasteiger partial charge >= 0.3 is 6.10 Å². The van der Waals surface area contributed by atoms with Crippen molar-refractivity contribution in [2.75, 3.05) is 33.4 Å². The standard InChI is InChI=1S/C6H11NO3/c1-7-2-3-8-6(7)9-4-5-10-6/h2-5H2,1H3. The van der Waals surface area contributed by atoms with Crippen molar-refractivity contribution < 1.29 is 14.2 Å². The molecule has 2 heterocycles. The smallest absolute Gasteiger partial charge is 0.313 e. The van der Waals surface area contributed by atoms with Gasteiger partial charge in [-0.05, 0) is 7.05 Å². The highest BCUT2D eigenvalue weighted by Crippen LogP contribution is 2.27. The van der Waals surface area contributed by atoms with Crippen molar-refractivity contribution in [2.24, 2.45) is 0 Å². The number of rotatable bonds is 0. The lowest BCUT2D eigenvalue weighted by atomic mass is 10.6. The Kier molecular flexibility index (Phi) is 1.42. The molecule has 0 N–H and O–H groups in total. The second kappa shape index (κ2) is 2.17. The predicted molar refractivity (Wildman–Crippen MR) is 33.2 cm³/mol. The fourth-order valence-electron chi connectivity index (χ4n) is 1.25. The van der Waals surface area contributed by atoms with Crippen LogP contribution in [0.4, 0.5) is 0 Å². The van der Waals surface area contributed by atoms with Crippen LogP contribution in [0.2, 0.25) is 0 Å². The molecule has 0 bridgehead atoms. The highest BCUT2D eigenvalue weighted by Gasteiger charge is 2.46. The molecule has 2 fully saturated rings. The lowest BCUT2D eigenvalue weighted by Gasteiger charge is -2.26. The van der Waals surface area contributed by atoms with Crippen LogP contribution in [0.25, 0.3) is 0 Å². The summed E-state index contributed by atoms with van der Waals surface area (Å²) in [4.78, 5) is 1.93. The molecule has 0 radical (unpaired) electrons. The summed E-state index contributed by atoms with van der Waals surface area (Å²) in [7, 11) is 1.93. The Morgan fingerprint density at radius 1 is 1.10 bits per heavy atom. The maximum atomic E-state index is 5.30. The van der Waals surface area contributed by atoms with E-state index in [1.165, 1.54) is 0 Å². The van der Waals surface area contributed by atoms with Crippen molar-refractivity contribution in [1.29, 1.82) is 0 Å². The van der Waals surface area contributed by atoms with Gasteiger partial charge in [-0.2, -0.15) is 0 Å². The SMILES string of the molecule is CN1CCOC12OCCO2. The molecule has 0 aromatic carbocycles. The van der Waals surface area contributed by atoms with E-state index in [2.05, 4.69) is 0 Å². The van der Waals surface area contributed by atoms with Gasteiger partial charge < -0.3 is 14.2 Å². The molecule has 0 aromatic rings. The number of likely N-dealkylation sites (N-methyl/N-ethyl adjacent to an activating group) is 1. The van der Waals surface area contributed by atoms with E-state index in [0.717, 1.165) is 6.54 Å². The van der Waals surface area contributed by atoms with E-state index in [1.807, 2.05) is 11.9 Å². The van der Waals surface area contributed by atoms with E-state index in [4.69, 9.17) is 14.2 Å². The van der Waals surface area contributed by atoms with Gasteiger partial charge in [0.25, 0.3) is 0 Å². The molecule has 2 saturated heterocycles. The Morgan fingerprint density at radius 3 is 2.20 bits per heavy atom. The molecule has 2 aliphatic rings. The molecule has 0 atom stereocenters. The van der Waals surface area contributed by atoms with Crippen LogP contribution in [0.3, 0.4) is 0 Å². The molecule has 58 valence electrons. The van der Waals surface area contributed by atoms with E-state index < -0.39 is 6.10 Å². The van der Waals surface area contributed by atoms with Gasteiger partial charge in [0.05, 0.1) is 19.8 Å². The number of nitrogens with zero attached hydrogens (tertiary/aromatic N) is 1. The van der Waals surface area contributed by atoms with Gasteiger partial charge in [-0.3, -0.25) is 0 Å². The van der Waals surface area contributed by atoms with Gasteiger partial charge in [-0.1, -0.05) is 0 Å². The van der Waals surface area contributed by atoms with Gasteiger partial charge in [-0.15, -0.1) is 0 Å². The predicted octanol–water partition coefficient (Wildman–Crippen LogP) is -0.394. The Hall–Kier alpha value is -0.160. The van der Waals surface area contributed by atoms with E-state index in [-0.39, 0.29) is 0 Å². The molecule has 1 spiro atoms. The summed E-state index contributed by atoms with van der Waals surface area (Å²) in [5.74, 6) is 0. The van der Waals surface area contributed by atoms with Crippen LogP contribution in [0.1, 0.15) is 0 Å². The second-order valence-electron chi connectivity index (χ2n) is 2.49. The minimum absolute atomic E-state index is 0.629. The molecule has 4 heteroatoms. The highest BCUT2D eigenvalue weighted by atomic mass is 16.9. The van der Waals surface area contributed by atoms with Crippen LogP contribution in [-0.4, -0.2) is 44.4 Å². The third kappa shape index (κ3) is 0.769. The maximum Gasteiger partial charge on any atom is 0.353 e. The molecule has 0 amide bonds. The topological polar surface area (TPSA) is 30.9 Å². The van der Waals surface area contributed by atoms with Crippen LogP contribution in [0.5, 0.6) is 0 Å². The average Bonchev–Trinajstić information content (AvgIpc) is 2.48. The molecule has 2 aliphatic heterocycles. The van der Waals surface area contributed by atoms with Crippen LogP contribution < -0.4 is 0 Å². The zero-order valence-electron chi connectivity index (χ0n) is 6.00. The fourth-order valence-corrected chi connectivity index (χ4v) is 1.25. The van der Waals surface area contributed by atoms with Crippen LogP contribution >= 0.6 is 0 Å². The van der Waals surface area contributed by atoms with Crippen LogP contribution in [0, 0.1) is 0 Å². The van der Waals surface area contributed by atoms with Gasteiger partial charge in [0, 0.05) is 6.54 Å². The summed E-state index contributed by atoms with van der Waals surface area (Å²) in [6.07, 6.45) is -0.819. The Bertz CT molecular complexity index is 127. The molecule has 0 aromatic heterocycles. The van der Waals surface area contributed by atoms with E-state index in [9.17, 15) is 0 Å². The first kappa shape index (κ1) is 6.54. The Labute approximate surface area is 59.7 Å². The van der Waals surface area contributed by atoms with Gasteiger partial charge in [-0.25, -0.2) is 4.90 Å². The van der Waals surface area contributed by atoms with Crippen molar-refractivity contribution in [2.45, 2.75) is 6.10 Å². The molecule has 0 saturated carbocycles. The largest absolute Gasteiger partial charge is 0.353 e. The van der Waals surface area contributed by atoms with Crippen LogP contribution in [0.15, 0.2) is 0 Å². The molecule has 0 unspecified atom stereocenters. The zero-order valence-corrected chi connectivity index (χ0v) is 6.00. The quantitative estimate of drug-likeness (QED) is 0.464. The monoisotopic (exact) mass is 145 g/mol. The van der Waals surface area contributed by atoms with Gasteiger partial charge in [0.1, 0.15) is 0 Å². The second-order valence-corrected chi connectivity index (χ2v) is 2.49. The fraction of sp³-hybridized carbons (Fsp3) is 1.00. The maximum absolute atomic E-state index is 5.30. The first-order valence-corrected chi connectivity index (χ1v) is 3.47. The molecular formula is C6H11NO3. The normalized spacial score (nSPS) is 32.1. The first-order valence-electron chi connectivity index (χ1n) is 3.47. The van der Waals surface area contributed by atoms with Crippen molar-refractivity contribution in [3.8, 4) is 0 Å². The molecule has 0 aliphatic carbocycles. The highest BCUT2D eigenvalue weighted by molar-refractivity contribution is 4.69. The molecule has 10 heavy (non-hydrogen) atoms. The Morgan fingerprint density at radius 2 is 1.70 bits per heavy atom. The average molecular weight is 145 g/mol. The van der Waals surface area contributed by atoms with Gasteiger partial charge in [0.15, 0.2) is 0 Å². The minimum atomic E-state index is -0.819. The summed E-state index contributed by atoms with van der Waals surface area (Å²) in [6, 6.07) is 0. The Balaban J connectivity index is 2.11. The van der Waals surface area contributed by atoms with Crippen molar-refractivity contribution in [3.05, 3.63) is 0 Å². The lowest BCUT2D eigenvalue weighted by Crippen LogP contribution is -2.43. The number of ether oxygens (including phenoxy) is 3. The first-order chi connectivity index (χ1) is 4.83. The summed E-state index contributed by atoms with van der Waals surface area (Å²) in [5, 5.41) is 0. The third-order valence-electron chi connectivity index (χ3n) is 1.83. The molecule has 4 nitrogen and oxygen atoms in total. The number of hydrogen-bond acceptors (Lipinski definition) is 4.